The SMILES string of the molecule is CC[C@@H](CC#N)O[Si](C)(C)C(C)(C)C. The van der Waals surface area contributed by atoms with Gasteiger partial charge in [0.1, 0.15) is 0 Å². The van der Waals surface area contributed by atoms with Crippen molar-refractivity contribution in [1.29, 1.82) is 5.26 Å². The molecule has 0 N–H and O–H groups in total. The fourth-order valence-corrected chi connectivity index (χ4v) is 2.40. The van der Waals surface area contributed by atoms with Crippen LogP contribution in [0.25, 0.3) is 0 Å². The lowest BCUT2D eigenvalue weighted by atomic mass is 10.2. The average Bonchev–Trinajstić information content (AvgIpc) is 2.01. The second kappa shape index (κ2) is 4.95. The molecule has 0 saturated carbocycles. The number of hydrogen-bond donors (Lipinski definition) is 0. The minimum absolute atomic E-state index is 0.126. The van der Waals surface area contributed by atoms with E-state index in [2.05, 4.69) is 46.9 Å². The van der Waals surface area contributed by atoms with Crippen LogP contribution in [0, 0.1) is 11.3 Å². The fraction of sp³-hybridized carbons (Fsp3) is 0.909. The number of nitrogens with zero attached hydrogens (tertiary/aromatic N) is 1. The summed E-state index contributed by atoms with van der Waals surface area (Å²) in [6.45, 7) is 13.2. The van der Waals surface area contributed by atoms with E-state index < -0.39 is 8.32 Å². The van der Waals surface area contributed by atoms with Crippen molar-refractivity contribution in [3.8, 4) is 6.07 Å². The molecule has 82 valence electrons. The van der Waals surface area contributed by atoms with E-state index >= 15 is 0 Å². The third kappa shape index (κ3) is 3.81. The van der Waals surface area contributed by atoms with Crippen LogP contribution in [-0.2, 0) is 4.43 Å². The predicted molar refractivity (Wildman–Crippen MR) is 62.6 cm³/mol. The average molecular weight is 213 g/mol. The summed E-state index contributed by atoms with van der Waals surface area (Å²) in [5.74, 6) is 0. The molecular formula is C11H23NOSi. The predicted octanol–water partition coefficient (Wildman–Crippen LogP) is 3.70. The lowest BCUT2D eigenvalue weighted by molar-refractivity contribution is 0.181. The summed E-state index contributed by atoms with van der Waals surface area (Å²) in [6, 6.07) is 2.19. The summed E-state index contributed by atoms with van der Waals surface area (Å²) < 4.78 is 6.11. The molecule has 14 heavy (non-hydrogen) atoms. The molecule has 0 aliphatic heterocycles. The largest absolute Gasteiger partial charge is 0.413 e. The monoisotopic (exact) mass is 213 g/mol. The molecule has 0 fully saturated rings. The topological polar surface area (TPSA) is 33.0 Å². The van der Waals surface area contributed by atoms with E-state index in [0.717, 1.165) is 6.42 Å². The van der Waals surface area contributed by atoms with E-state index in [1.54, 1.807) is 0 Å². The van der Waals surface area contributed by atoms with E-state index in [9.17, 15) is 0 Å². The molecule has 0 rings (SSSR count). The Morgan fingerprint density at radius 1 is 1.36 bits per heavy atom. The molecule has 0 aromatic carbocycles. The number of hydrogen-bond acceptors (Lipinski definition) is 2. The van der Waals surface area contributed by atoms with E-state index in [-0.39, 0.29) is 11.1 Å². The first kappa shape index (κ1) is 13.7. The molecule has 0 aliphatic carbocycles. The summed E-state index contributed by atoms with van der Waals surface area (Å²) in [6.07, 6.45) is 1.57. The Morgan fingerprint density at radius 2 is 1.86 bits per heavy atom. The van der Waals surface area contributed by atoms with Gasteiger partial charge in [0.25, 0.3) is 0 Å². The second-order valence-corrected chi connectivity index (χ2v) is 10.0. The van der Waals surface area contributed by atoms with Crippen LogP contribution in [0.4, 0.5) is 0 Å². The van der Waals surface area contributed by atoms with Crippen LogP contribution in [0.5, 0.6) is 0 Å². The van der Waals surface area contributed by atoms with Gasteiger partial charge in [-0.05, 0) is 24.6 Å². The Kier molecular flexibility index (Phi) is 4.83. The van der Waals surface area contributed by atoms with Crippen LogP contribution < -0.4 is 0 Å². The summed E-state index contributed by atoms with van der Waals surface area (Å²) in [4.78, 5) is 0. The lowest BCUT2D eigenvalue weighted by Gasteiger charge is -2.38. The first-order chi connectivity index (χ1) is 6.24. The molecule has 0 aromatic rings. The highest BCUT2D eigenvalue weighted by molar-refractivity contribution is 6.74. The maximum Gasteiger partial charge on any atom is 0.192 e. The molecule has 0 spiro atoms. The standard InChI is InChI=1S/C11H23NOSi/c1-7-10(8-9-12)13-14(5,6)11(2,3)4/h10H,7-8H2,1-6H3/t10-/m0/s1. The second-order valence-electron chi connectivity index (χ2n) is 5.27. The van der Waals surface area contributed by atoms with Gasteiger partial charge in [-0.25, -0.2) is 0 Å². The van der Waals surface area contributed by atoms with E-state index in [0.29, 0.717) is 6.42 Å². The molecule has 0 unspecified atom stereocenters. The van der Waals surface area contributed by atoms with Crippen molar-refractivity contribution in [2.45, 2.75) is 64.8 Å². The van der Waals surface area contributed by atoms with Crippen molar-refractivity contribution < 1.29 is 4.43 Å². The van der Waals surface area contributed by atoms with Crippen molar-refractivity contribution in [3.05, 3.63) is 0 Å². The van der Waals surface area contributed by atoms with Gasteiger partial charge in [-0.2, -0.15) is 5.26 Å². The molecule has 0 amide bonds. The Morgan fingerprint density at radius 3 is 2.14 bits per heavy atom. The maximum atomic E-state index is 8.65. The van der Waals surface area contributed by atoms with Gasteiger partial charge in [-0.15, -0.1) is 0 Å². The molecule has 0 aliphatic rings. The third-order valence-corrected chi connectivity index (χ3v) is 7.58. The zero-order valence-corrected chi connectivity index (χ0v) is 11.3. The highest BCUT2D eigenvalue weighted by atomic mass is 28.4. The van der Waals surface area contributed by atoms with Crippen LogP contribution in [0.3, 0.4) is 0 Å². The molecular weight excluding hydrogens is 190 g/mol. The Labute approximate surface area is 89.4 Å². The minimum atomic E-state index is -1.68. The minimum Gasteiger partial charge on any atom is -0.413 e. The normalized spacial score (nSPS) is 14.9. The smallest absolute Gasteiger partial charge is 0.192 e. The Hall–Kier alpha value is -0.333. The van der Waals surface area contributed by atoms with E-state index in [4.69, 9.17) is 9.69 Å². The summed E-state index contributed by atoms with van der Waals surface area (Å²) in [5, 5.41) is 8.88. The van der Waals surface area contributed by atoms with Crippen LogP contribution in [0.15, 0.2) is 0 Å². The Balaban J connectivity index is 4.41. The zero-order chi connectivity index (χ0) is 11.4. The highest BCUT2D eigenvalue weighted by Gasteiger charge is 2.38. The molecule has 0 radical (unpaired) electrons. The molecule has 0 bridgehead atoms. The molecule has 0 saturated heterocycles. The van der Waals surface area contributed by atoms with Crippen molar-refractivity contribution in [2.24, 2.45) is 0 Å². The molecule has 2 nitrogen and oxygen atoms in total. The van der Waals surface area contributed by atoms with E-state index in [1.165, 1.54) is 0 Å². The van der Waals surface area contributed by atoms with Crippen molar-refractivity contribution in [3.63, 3.8) is 0 Å². The fourth-order valence-electron chi connectivity index (χ4n) is 0.965. The summed E-state index contributed by atoms with van der Waals surface area (Å²) in [7, 11) is -1.68. The van der Waals surface area contributed by atoms with Crippen molar-refractivity contribution in [2.75, 3.05) is 0 Å². The highest BCUT2D eigenvalue weighted by Crippen LogP contribution is 2.37. The van der Waals surface area contributed by atoms with Crippen LogP contribution >= 0.6 is 0 Å². The molecule has 1 atom stereocenters. The van der Waals surface area contributed by atoms with Crippen LogP contribution in [-0.4, -0.2) is 14.4 Å². The number of nitriles is 1. The lowest BCUT2D eigenvalue weighted by Crippen LogP contribution is -2.43. The Bertz CT molecular complexity index is 212. The molecule has 3 heteroatoms. The van der Waals surface area contributed by atoms with Crippen molar-refractivity contribution in [1.82, 2.24) is 0 Å². The van der Waals surface area contributed by atoms with Gasteiger partial charge in [-0.1, -0.05) is 27.7 Å². The van der Waals surface area contributed by atoms with Gasteiger partial charge >= 0.3 is 0 Å². The molecule has 0 aromatic heterocycles. The number of rotatable bonds is 4. The quantitative estimate of drug-likeness (QED) is 0.667. The van der Waals surface area contributed by atoms with Crippen LogP contribution in [0.1, 0.15) is 40.5 Å². The van der Waals surface area contributed by atoms with Crippen molar-refractivity contribution >= 4 is 8.32 Å². The maximum absolute atomic E-state index is 8.65. The third-order valence-electron chi connectivity index (χ3n) is 3.04. The summed E-state index contributed by atoms with van der Waals surface area (Å²) in [5.41, 5.74) is 0. The van der Waals surface area contributed by atoms with E-state index in [1.807, 2.05) is 0 Å². The van der Waals surface area contributed by atoms with Gasteiger partial charge in [0.2, 0.25) is 0 Å². The first-order valence-corrected chi connectivity index (χ1v) is 8.20. The van der Waals surface area contributed by atoms with Crippen LogP contribution in [0.2, 0.25) is 18.1 Å². The van der Waals surface area contributed by atoms with Gasteiger partial charge in [0.15, 0.2) is 8.32 Å². The van der Waals surface area contributed by atoms with Gasteiger partial charge < -0.3 is 4.43 Å². The van der Waals surface area contributed by atoms with Gasteiger partial charge in [-0.3, -0.25) is 0 Å². The molecule has 0 heterocycles. The zero-order valence-electron chi connectivity index (χ0n) is 10.3. The first-order valence-electron chi connectivity index (χ1n) is 5.29. The van der Waals surface area contributed by atoms with Gasteiger partial charge in [0.05, 0.1) is 18.6 Å². The summed E-state index contributed by atoms with van der Waals surface area (Å²) >= 11 is 0. The van der Waals surface area contributed by atoms with Gasteiger partial charge in [0, 0.05) is 0 Å².